The van der Waals surface area contributed by atoms with E-state index in [1.807, 2.05) is 13.8 Å². The number of unbranched alkanes of at least 4 members (excludes halogenated alkanes) is 4. The topological polar surface area (TPSA) is 110 Å². The van der Waals surface area contributed by atoms with Gasteiger partial charge < -0.3 is 14.0 Å². The molecule has 1 atom stereocenters. The Morgan fingerprint density at radius 2 is 1.43 bits per heavy atom. The third-order valence-electron chi connectivity index (χ3n) is 2.97. The molecule has 0 heterocycles. The molecule has 0 radical (unpaired) electrons. The van der Waals surface area contributed by atoms with Crippen molar-refractivity contribution in [1.82, 2.24) is 0 Å². The average molecular weight is 360 g/mol. The van der Waals surface area contributed by atoms with Gasteiger partial charge in [0, 0.05) is 0 Å². The molecular formula is C14H25NaO7S. The van der Waals surface area contributed by atoms with Gasteiger partial charge in [-0.05, 0) is 12.8 Å². The van der Waals surface area contributed by atoms with E-state index >= 15 is 0 Å². The van der Waals surface area contributed by atoms with Crippen molar-refractivity contribution in [1.29, 1.82) is 0 Å². The summed E-state index contributed by atoms with van der Waals surface area (Å²) in [6.07, 6.45) is 3.97. The van der Waals surface area contributed by atoms with Gasteiger partial charge in [0.25, 0.3) is 0 Å². The average Bonchev–Trinajstić information content (AvgIpc) is 2.44. The molecule has 0 aromatic heterocycles. The van der Waals surface area contributed by atoms with Gasteiger partial charge in [-0.15, -0.1) is 0 Å². The largest absolute Gasteiger partial charge is 1.00 e. The van der Waals surface area contributed by atoms with E-state index in [0.29, 0.717) is 12.8 Å². The van der Waals surface area contributed by atoms with Gasteiger partial charge >= 0.3 is 41.5 Å². The minimum Gasteiger partial charge on any atom is -0.747 e. The SMILES string of the molecule is CCCCCOC(=O)CC(C(=O)OCCCCC)S(=O)(=O)[O-].[Na+]. The van der Waals surface area contributed by atoms with Crippen molar-refractivity contribution >= 4 is 22.1 Å². The number of carbonyl (C=O) groups is 2. The Labute approximate surface area is 160 Å². The van der Waals surface area contributed by atoms with Gasteiger partial charge in [-0.2, -0.15) is 0 Å². The quantitative estimate of drug-likeness (QED) is 0.185. The van der Waals surface area contributed by atoms with Crippen LogP contribution in [0.15, 0.2) is 0 Å². The fourth-order valence-electron chi connectivity index (χ4n) is 1.67. The van der Waals surface area contributed by atoms with Crippen molar-refractivity contribution in [2.24, 2.45) is 0 Å². The van der Waals surface area contributed by atoms with Crippen LogP contribution in [-0.2, 0) is 29.2 Å². The Bertz CT molecular complexity index is 436. The summed E-state index contributed by atoms with van der Waals surface area (Å²) in [5.74, 6) is -2.07. The van der Waals surface area contributed by atoms with Crippen molar-refractivity contribution in [3.8, 4) is 0 Å². The molecule has 0 aliphatic heterocycles. The summed E-state index contributed by atoms with van der Waals surface area (Å²) in [5.41, 5.74) is 0. The van der Waals surface area contributed by atoms with E-state index in [0.717, 1.165) is 25.7 Å². The molecule has 23 heavy (non-hydrogen) atoms. The Balaban J connectivity index is 0. The molecule has 0 fully saturated rings. The summed E-state index contributed by atoms with van der Waals surface area (Å²) in [7, 11) is -4.96. The fraction of sp³-hybridized carbons (Fsp3) is 0.857. The first-order chi connectivity index (χ1) is 10.3. The molecule has 130 valence electrons. The third-order valence-corrected chi connectivity index (χ3v) is 4.02. The second-order valence-electron chi connectivity index (χ2n) is 4.99. The zero-order valence-corrected chi connectivity index (χ0v) is 17.0. The molecule has 7 nitrogen and oxygen atoms in total. The number of ether oxygens (including phenoxy) is 2. The molecule has 0 saturated carbocycles. The van der Waals surface area contributed by atoms with Crippen LogP contribution in [0.4, 0.5) is 0 Å². The predicted octanol–water partition coefficient (Wildman–Crippen LogP) is -1.24. The van der Waals surface area contributed by atoms with Crippen LogP contribution in [-0.4, -0.2) is 43.4 Å². The van der Waals surface area contributed by atoms with E-state index in [1.165, 1.54) is 0 Å². The summed E-state index contributed by atoms with van der Waals surface area (Å²) < 4.78 is 42.9. The standard InChI is InChI=1S/C14H26O7S.Na/c1-3-5-7-9-20-13(15)11-12(22(17,18)19)14(16)21-10-8-6-4-2;/h12H,3-11H2,1-2H3,(H,17,18,19);/q;+1/p-1. The van der Waals surface area contributed by atoms with E-state index in [2.05, 4.69) is 0 Å². The first-order valence-electron chi connectivity index (χ1n) is 7.59. The molecule has 1 unspecified atom stereocenters. The third kappa shape index (κ3) is 12.9. The van der Waals surface area contributed by atoms with Crippen LogP contribution in [0.1, 0.15) is 58.8 Å². The molecule has 0 N–H and O–H groups in total. The first-order valence-corrected chi connectivity index (χ1v) is 9.07. The van der Waals surface area contributed by atoms with Crippen molar-refractivity contribution in [3.05, 3.63) is 0 Å². The normalized spacial score (nSPS) is 12.1. The van der Waals surface area contributed by atoms with Gasteiger partial charge in [0.15, 0.2) is 5.25 Å². The molecule has 0 spiro atoms. The molecule has 9 heteroatoms. The summed E-state index contributed by atoms with van der Waals surface area (Å²) in [5, 5.41) is -2.03. The molecule has 0 aromatic carbocycles. The molecular weight excluding hydrogens is 335 g/mol. The first kappa shape index (κ1) is 25.1. The van der Waals surface area contributed by atoms with Crippen LogP contribution >= 0.6 is 0 Å². The van der Waals surface area contributed by atoms with Crippen molar-refractivity contribution < 1.29 is 61.6 Å². The Morgan fingerprint density at radius 3 is 1.87 bits per heavy atom. The predicted molar refractivity (Wildman–Crippen MR) is 79.1 cm³/mol. The smallest absolute Gasteiger partial charge is 0.747 e. The summed E-state index contributed by atoms with van der Waals surface area (Å²) in [6, 6.07) is 0. The molecule has 0 aromatic rings. The maximum atomic E-state index is 11.7. The zero-order chi connectivity index (χ0) is 17.0. The van der Waals surface area contributed by atoms with Crippen LogP contribution in [0.5, 0.6) is 0 Å². The van der Waals surface area contributed by atoms with Gasteiger partial charge in [-0.3, -0.25) is 9.59 Å². The van der Waals surface area contributed by atoms with Crippen LogP contribution < -0.4 is 29.6 Å². The molecule has 0 amide bonds. The number of esters is 2. The van der Waals surface area contributed by atoms with Crippen molar-refractivity contribution in [2.45, 2.75) is 64.0 Å². The van der Waals surface area contributed by atoms with E-state index in [1.54, 1.807) is 0 Å². The van der Waals surface area contributed by atoms with Crippen molar-refractivity contribution in [3.63, 3.8) is 0 Å². The maximum absolute atomic E-state index is 11.7. The van der Waals surface area contributed by atoms with Crippen LogP contribution in [0, 0.1) is 0 Å². The van der Waals surface area contributed by atoms with E-state index < -0.39 is 33.7 Å². The van der Waals surface area contributed by atoms with Crippen LogP contribution in [0.2, 0.25) is 0 Å². The van der Waals surface area contributed by atoms with E-state index in [9.17, 15) is 22.6 Å². The Hall–Kier alpha value is -0.150. The summed E-state index contributed by atoms with van der Waals surface area (Å²) >= 11 is 0. The van der Waals surface area contributed by atoms with Crippen LogP contribution in [0.25, 0.3) is 0 Å². The number of hydrogen-bond acceptors (Lipinski definition) is 7. The molecule has 0 aliphatic carbocycles. The molecule has 0 bridgehead atoms. The van der Waals surface area contributed by atoms with Gasteiger partial charge in [-0.25, -0.2) is 8.42 Å². The number of rotatable bonds is 12. The minimum absolute atomic E-state index is 0. The molecule has 0 aliphatic rings. The fourth-order valence-corrected chi connectivity index (χ4v) is 2.31. The number of carbonyl (C=O) groups excluding carboxylic acids is 2. The maximum Gasteiger partial charge on any atom is 1.00 e. The van der Waals surface area contributed by atoms with E-state index in [-0.39, 0.29) is 42.8 Å². The molecule has 0 saturated heterocycles. The van der Waals surface area contributed by atoms with E-state index in [4.69, 9.17) is 9.47 Å². The monoisotopic (exact) mass is 360 g/mol. The Morgan fingerprint density at radius 1 is 0.957 bits per heavy atom. The second kappa shape index (κ2) is 14.2. The van der Waals surface area contributed by atoms with Gasteiger partial charge in [0.05, 0.1) is 19.6 Å². The van der Waals surface area contributed by atoms with Crippen LogP contribution in [0.3, 0.4) is 0 Å². The molecule has 0 rings (SSSR count). The van der Waals surface area contributed by atoms with Gasteiger partial charge in [0.2, 0.25) is 0 Å². The summed E-state index contributed by atoms with van der Waals surface area (Å²) in [6.45, 7) is 4.12. The zero-order valence-electron chi connectivity index (χ0n) is 14.2. The second-order valence-corrected chi connectivity index (χ2v) is 6.54. The summed E-state index contributed by atoms with van der Waals surface area (Å²) in [4.78, 5) is 23.2. The van der Waals surface area contributed by atoms with Gasteiger partial charge in [-0.1, -0.05) is 39.5 Å². The number of hydrogen-bond donors (Lipinski definition) is 0. The minimum atomic E-state index is -4.96. The van der Waals surface area contributed by atoms with Gasteiger partial charge in [0.1, 0.15) is 10.1 Å². The van der Waals surface area contributed by atoms with Crippen molar-refractivity contribution in [2.75, 3.05) is 13.2 Å². The Kier molecular flexibility index (Phi) is 15.5.